The molecule has 0 unspecified atom stereocenters. The van der Waals surface area contributed by atoms with Crippen LogP contribution in [0.5, 0.6) is 0 Å². The van der Waals surface area contributed by atoms with Crippen molar-refractivity contribution in [3.8, 4) is 0 Å². The third-order valence-corrected chi connectivity index (χ3v) is 4.70. The van der Waals surface area contributed by atoms with Crippen LogP contribution in [0.4, 0.5) is 5.69 Å². The van der Waals surface area contributed by atoms with Gasteiger partial charge in [-0.15, -0.1) is 0 Å². The van der Waals surface area contributed by atoms with E-state index in [1.54, 1.807) is 18.2 Å². The normalized spacial score (nSPS) is 11.1. The quantitative estimate of drug-likeness (QED) is 0.835. The summed E-state index contributed by atoms with van der Waals surface area (Å²) in [5.41, 5.74) is 2.55. The molecular formula is C18H22N2O3S. The smallest absolute Gasteiger partial charge is 0.240 e. The number of nitrogens with zero attached hydrogens (tertiary/aromatic N) is 1. The van der Waals surface area contributed by atoms with Crippen molar-refractivity contribution in [3.63, 3.8) is 0 Å². The van der Waals surface area contributed by atoms with Crippen LogP contribution in [0, 0.1) is 6.92 Å². The highest BCUT2D eigenvalue weighted by atomic mass is 32.2. The van der Waals surface area contributed by atoms with Crippen molar-refractivity contribution in [2.75, 3.05) is 23.7 Å². The molecule has 2 aromatic rings. The van der Waals surface area contributed by atoms with Crippen LogP contribution in [0.1, 0.15) is 11.1 Å². The van der Waals surface area contributed by atoms with Crippen molar-refractivity contribution in [3.05, 3.63) is 65.7 Å². The number of carbonyl (C=O) groups is 1. The maximum absolute atomic E-state index is 12.1. The van der Waals surface area contributed by atoms with Crippen molar-refractivity contribution in [1.29, 1.82) is 0 Å². The van der Waals surface area contributed by atoms with Crippen molar-refractivity contribution in [2.24, 2.45) is 0 Å². The Morgan fingerprint density at radius 1 is 1.08 bits per heavy atom. The molecule has 1 amide bonds. The van der Waals surface area contributed by atoms with E-state index in [2.05, 4.69) is 5.32 Å². The second-order valence-corrected chi connectivity index (χ2v) is 7.60. The molecule has 0 aliphatic heterocycles. The summed E-state index contributed by atoms with van der Waals surface area (Å²) in [4.78, 5) is 12.1. The highest BCUT2D eigenvalue weighted by Crippen LogP contribution is 2.18. The number of nitrogens with one attached hydrogen (secondary N) is 1. The number of amides is 1. The van der Waals surface area contributed by atoms with Gasteiger partial charge in [0.25, 0.3) is 0 Å². The summed E-state index contributed by atoms with van der Waals surface area (Å²) in [5, 5.41) is 2.77. The minimum atomic E-state index is -3.53. The zero-order valence-corrected chi connectivity index (χ0v) is 14.7. The van der Waals surface area contributed by atoms with E-state index in [1.165, 1.54) is 0 Å². The third kappa shape index (κ3) is 5.38. The molecule has 0 fully saturated rings. The van der Waals surface area contributed by atoms with Crippen molar-refractivity contribution >= 4 is 21.6 Å². The minimum absolute atomic E-state index is 0.225. The Kier molecular flexibility index (Phi) is 5.98. The molecule has 0 radical (unpaired) electrons. The first kappa shape index (κ1) is 18.0. The molecule has 1 N–H and O–H groups in total. The zero-order valence-electron chi connectivity index (χ0n) is 13.9. The predicted molar refractivity (Wildman–Crippen MR) is 96.5 cm³/mol. The van der Waals surface area contributed by atoms with Gasteiger partial charge in [0, 0.05) is 6.54 Å². The van der Waals surface area contributed by atoms with E-state index in [9.17, 15) is 13.2 Å². The van der Waals surface area contributed by atoms with Crippen LogP contribution in [0.15, 0.2) is 54.6 Å². The van der Waals surface area contributed by atoms with Gasteiger partial charge in [-0.1, -0.05) is 42.5 Å². The van der Waals surface area contributed by atoms with Gasteiger partial charge in [0.1, 0.15) is 6.54 Å². The molecule has 24 heavy (non-hydrogen) atoms. The van der Waals surface area contributed by atoms with E-state index in [1.807, 2.05) is 43.3 Å². The highest BCUT2D eigenvalue weighted by molar-refractivity contribution is 7.92. The molecular weight excluding hydrogens is 324 g/mol. The van der Waals surface area contributed by atoms with Crippen molar-refractivity contribution in [1.82, 2.24) is 5.32 Å². The Hall–Kier alpha value is -2.34. The molecule has 0 saturated carbocycles. The number of hydrogen-bond donors (Lipinski definition) is 1. The Balaban J connectivity index is 1.98. The van der Waals surface area contributed by atoms with Crippen molar-refractivity contribution < 1.29 is 13.2 Å². The zero-order chi connectivity index (χ0) is 17.6. The molecule has 0 spiro atoms. The average Bonchev–Trinajstić information content (AvgIpc) is 2.52. The predicted octanol–water partition coefficient (Wildman–Crippen LogP) is 2.12. The summed E-state index contributed by atoms with van der Waals surface area (Å²) in [6.07, 6.45) is 1.81. The fourth-order valence-corrected chi connectivity index (χ4v) is 3.21. The Bertz CT molecular complexity index is 789. The number of benzene rings is 2. The molecule has 0 bridgehead atoms. The number of sulfonamides is 1. The molecule has 0 saturated heterocycles. The molecule has 2 aromatic carbocycles. The van der Waals surface area contributed by atoms with E-state index < -0.39 is 10.0 Å². The number of aryl methyl sites for hydroxylation is 1. The Morgan fingerprint density at radius 2 is 1.79 bits per heavy atom. The maximum Gasteiger partial charge on any atom is 0.240 e. The third-order valence-electron chi connectivity index (χ3n) is 3.56. The van der Waals surface area contributed by atoms with Crippen LogP contribution in [-0.4, -0.2) is 33.7 Å². The highest BCUT2D eigenvalue weighted by Gasteiger charge is 2.20. The summed E-state index contributed by atoms with van der Waals surface area (Å²) < 4.78 is 25.2. The fraction of sp³-hybridized carbons (Fsp3) is 0.278. The van der Waals surface area contributed by atoms with Crippen molar-refractivity contribution in [2.45, 2.75) is 13.3 Å². The van der Waals surface area contributed by atoms with Crippen LogP contribution in [0.25, 0.3) is 0 Å². The lowest BCUT2D eigenvalue weighted by molar-refractivity contribution is -0.119. The van der Waals surface area contributed by atoms with Gasteiger partial charge in [-0.25, -0.2) is 8.42 Å². The first-order chi connectivity index (χ1) is 11.4. The van der Waals surface area contributed by atoms with Gasteiger partial charge in [0.15, 0.2) is 0 Å². The molecule has 2 rings (SSSR count). The van der Waals surface area contributed by atoms with E-state index in [0.717, 1.165) is 21.7 Å². The van der Waals surface area contributed by atoms with Gasteiger partial charge in [-0.2, -0.15) is 0 Å². The summed E-state index contributed by atoms with van der Waals surface area (Å²) in [5.74, 6) is -0.321. The first-order valence-electron chi connectivity index (χ1n) is 7.71. The molecule has 0 aliphatic carbocycles. The van der Waals surface area contributed by atoms with Gasteiger partial charge < -0.3 is 5.32 Å². The van der Waals surface area contributed by atoms with Gasteiger partial charge in [-0.3, -0.25) is 9.10 Å². The molecule has 0 aliphatic rings. The summed E-state index contributed by atoms with van der Waals surface area (Å²) in [7, 11) is -3.53. The topological polar surface area (TPSA) is 66.5 Å². The standard InChI is InChI=1S/C18H22N2O3S/c1-15-7-6-10-17(13-15)20(24(2,22)23)14-18(21)19-12-11-16-8-4-3-5-9-16/h3-10,13H,11-12,14H2,1-2H3,(H,19,21). The number of hydrogen-bond acceptors (Lipinski definition) is 3. The SMILES string of the molecule is Cc1cccc(N(CC(=O)NCCc2ccccc2)S(C)(=O)=O)c1. The first-order valence-corrected chi connectivity index (χ1v) is 9.56. The monoisotopic (exact) mass is 346 g/mol. The molecule has 0 atom stereocenters. The largest absolute Gasteiger partial charge is 0.354 e. The lowest BCUT2D eigenvalue weighted by atomic mass is 10.1. The van der Waals surface area contributed by atoms with Gasteiger partial charge in [0.2, 0.25) is 15.9 Å². The van der Waals surface area contributed by atoms with E-state index in [0.29, 0.717) is 18.7 Å². The average molecular weight is 346 g/mol. The van der Waals surface area contributed by atoms with Crippen LogP contribution in [0.3, 0.4) is 0 Å². The molecule has 0 heterocycles. The summed E-state index contributed by atoms with van der Waals surface area (Å²) >= 11 is 0. The lowest BCUT2D eigenvalue weighted by Crippen LogP contribution is -2.41. The Labute approximate surface area is 143 Å². The Morgan fingerprint density at radius 3 is 2.42 bits per heavy atom. The molecule has 0 aromatic heterocycles. The molecule has 6 heteroatoms. The lowest BCUT2D eigenvalue weighted by Gasteiger charge is -2.22. The van der Waals surface area contributed by atoms with Crippen LogP contribution < -0.4 is 9.62 Å². The number of carbonyl (C=O) groups excluding carboxylic acids is 1. The van der Waals surface area contributed by atoms with Gasteiger partial charge in [-0.05, 0) is 36.6 Å². The maximum atomic E-state index is 12.1. The molecule has 128 valence electrons. The number of anilines is 1. The van der Waals surface area contributed by atoms with Gasteiger partial charge >= 0.3 is 0 Å². The minimum Gasteiger partial charge on any atom is -0.354 e. The summed E-state index contributed by atoms with van der Waals surface area (Å²) in [6, 6.07) is 16.9. The van der Waals surface area contributed by atoms with E-state index in [4.69, 9.17) is 0 Å². The number of rotatable bonds is 7. The van der Waals surface area contributed by atoms with Crippen LogP contribution >= 0.6 is 0 Å². The second kappa shape index (κ2) is 7.97. The van der Waals surface area contributed by atoms with Crippen LogP contribution in [-0.2, 0) is 21.2 Å². The van der Waals surface area contributed by atoms with Gasteiger partial charge in [0.05, 0.1) is 11.9 Å². The van der Waals surface area contributed by atoms with E-state index in [-0.39, 0.29) is 12.5 Å². The van der Waals surface area contributed by atoms with Crippen LogP contribution in [0.2, 0.25) is 0 Å². The summed E-state index contributed by atoms with van der Waals surface area (Å²) in [6.45, 7) is 2.12. The second-order valence-electron chi connectivity index (χ2n) is 5.69. The fourth-order valence-electron chi connectivity index (χ4n) is 2.36. The van der Waals surface area contributed by atoms with E-state index >= 15 is 0 Å². The molecule has 5 nitrogen and oxygen atoms in total.